The largest absolute Gasteiger partial charge is 0.480 e. The summed E-state index contributed by atoms with van der Waals surface area (Å²) >= 11 is 0. The van der Waals surface area contributed by atoms with Gasteiger partial charge in [0.1, 0.15) is 18.1 Å². The first-order valence-corrected chi connectivity index (χ1v) is 9.87. The number of carboxylic acids is 1. The molecule has 0 radical (unpaired) electrons. The van der Waals surface area contributed by atoms with Crippen molar-refractivity contribution in [2.75, 3.05) is 6.61 Å². The Morgan fingerprint density at radius 3 is 1.72 bits per heavy atom. The van der Waals surface area contributed by atoms with E-state index >= 15 is 0 Å². The molecule has 168 valence electrons. The zero-order valence-electron chi connectivity index (χ0n) is 18.1. The summed E-state index contributed by atoms with van der Waals surface area (Å²) < 4.78 is 0. The van der Waals surface area contributed by atoms with Crippen molar-refractivity contribution in [1.82, 2.24) is 16.0 Å². The van der Waals surface area contributed by atoms with Crippen molar-refractivity contribution in [3.8, 4) is 0 Å². The monoisotopic (exact) mass is 416 g/mol. The molecule has 0 aromatic heterocycles. The van der Waals surface area contributed by atoms with E-state index in [2.05, 4.69) is 16.0 Å². The molecule has 29 heavy (non-hydrogen) atoms. The standard InChI is InChI=1S/C19H36N4O6/c1-7-11(6)15(19(28)29)23-16(25)12(8-24)21-18(27)14(10(4)5)22-17(26)13(20)9(2)3/h9-15,24H,7-8,20H2,1-6H3,(H,21,27)(H,22,26)(H,23,25)(H,28,29). The van der Waals surface area contributed by atoms with Crippen molar-refractivity contribution >= 4 is 23.7 Å². The molecule has 10 nitrogen and oxygen atoms in total. The third-order valence-electron chi connectivity index (χ3n) is 4.86. The number of carbonyl (C=O) groups excluding carboxylic acids is 3. The van der Waals surface area contributed by atoms with Crippen LogP contribution in [0.1, 0.15) is 48.0 Å². The average Bonchev–Trinajstić information content (AvgIpc) is 2.65. The minimum Gasteiger partial charge on any atom is -0.480 e. The van der Waals surface area contributed by atoms with Crippen LogP contribution < -0.4 is 21.7 Å². The third-order valence-corrected chi connectivity index (χ3v) is 4.86. The van der Waals surface area contributed by atoms with Gasteiger partial charge >= 0.3 is 5.97 Å². The van der Waals surface area contributed by atoms with Crippen LogP contribution in [0.5, 0.6) is 0 Å². The van der Waals surface area contributed by atoms with Gasteiger partial charge in [0.2, 0.25) is 17.7 Å². The van der Waals surface area contributed by atoms with Crippen LogP contribution in [-0.4, -0.2) is 64.7 Å². The van der Waals surface area contributed by atoms with Gasteiger partial charge in [0.05, 0.1) is 12.6 Å². The van der Waals surface area contributed by atoms with Gasteiger partial charge in [-0.2, -0.15) is 0 Å². The third kappa shape index (κ3) is 8.36. The highest BCUT2D eigenvalue weighted by atomic mass is 16.4. The lowest BCUT2D eigenvalue weighted by Crippen LogP contribution is -2.60. The Balaban J connectivity index is 5.22. The smallest absolute Gasteiger partial charge is 0.326 e. The van der Waals surface area contributed by atoms with Crippen molar-refractivity contribution in [3.63, 3.8) is 0 Å². The van der Waals surface area contributed by atoms with Crippen molar-refractivity contribution in [2.24, 2.45) is 23.5 Å². The van der Waals surface area contributed by atoms with E-state index in [9.17, 15) is 29.4 Å². The van der Waals surface area contributed by atoms with Gasteiger partial charge in [-0.15, -0.1) is 0 Å². The molecule has 0 saturated heterocycles. The molecule has 5 unspecified atom stereocenters. The van der Waals surface area contributed by atoms with Gasteiger partial charge in [0, 0.05) is 0 Å². The average molecular weight is 417 g/mol. The first-order chi connectivity index (χ1) is 13.4. The van der Waals surface area contributed by atoms with Crippen LogP contribution in [0.15, 0.2) is 0 Å². The summed E-state index contributed by atoms with van der Waals surface area (Å²) in [6.45, 7) is 9.71. The normalized spacial score (nSPS) is 16.5. The molecule has 3 amide bonds. The van der Waals surface area contributed by atoms with Gasteiger partial charge in [0.15, 0.2) is 0 Å². The molecule has 7 N–H and O–H groups in total. The molecule has 0 aliphatic carbocycles. The predicted molar refractivity (Wildman–Crippen MR) is 108 cm³/mol. The number of aliphatic hydroxyl groups is 1. The minimum atomic E-state index is -1.36. The number of nitrogens with one attached hydrogen (secondary N) is 3. The van der Waals surface area contributed by atoms with Crippen molar-refractivity contribution in [1.29, 1.82) is 0 Å². The van der Waals surface area contributed by atoms with Crippen LogP contribution in [0.2, 0.25) is 0 Å². The van der Waals surface area contributed by atoms with E-state index in [1.807, 2.05) is 0 Å². The Hall–Kier alpha value is -2.20. The number of rotatable bonds is 12. The molecular formula is C19H36N4O6. The lowest BCUT2D eigenvalue weighted by molar-refractivity contribution is -0.144. The molecule has 0 fully saturated rings. The highest BCUT2D eigenvalue weighted by Gasteiger charge is 2.32. The van der Waals surface area contributed by atoms with Crippen molar-refractivity contribution < 1.29 is 29.4 Å². The molecule has 10 heteroatoms. The maximum Gasteiger partial charge on any atom is 0.326 e. The predicted octanol–water partition coefficient (Wildman–Crippen LogP) is -0.797. The molecule has 0 heterocycles. The quantitative estimate of drug-likeness (QED) is 0.242. The second kappa shape index (κ2) is 12.4. The molecule has 0 aliphatic rings. The van der Waals surface area contributed by atoms with Crippen LogP contribution in [0, 0.1) is 17.8 Å². The number of carbonyl (C=O) groups is 4. The summed E-state index contributed by atoms with van der Waals surface area (Å²) in [7, 11) is 0. The molecule has 0 saturated carbocycles. The zero-order valence-corrected chi connectivity index (χ0v) is 18.1. The molecule has 0 aromatic carbocycles. The number of carboxylic acid groups (broad SMARTS) is 1. The van der Waals surface area contributed by atoms with Crippen molar-refractivity contribution in [3.05, 3.63) is 0 Å². The highest BCUT2D eigenvalue weighted by molar-refractivity contribution is 5.94. The van der Waals surface area contributed by atoms with Crippen LogP contribution in [0.25, 0.3) is 0 Å². The minimum absolute atomic E-state index is 0.129. The molecule has 0 spiro atoms. The molecular weight excluding hydrogens is 380 g/mol. The first-order valence-electron chi connectivity index (χ1n) is 9.87. The lowest BCUT2D eigenvalue weighted by atomic mass is 9.98. The first kappa shape index (κ1) is 26.8. The summed E-state index contributed by atoms with van der Waals surface area (Å²) in [6.07, 6.45) is 0.519. The fourth-order valence-electron chi connectivity index (χ4n) is 2.48. The maximum absolute atomic E-state index is 12.6. The number of aliphatic hydroxyl groups excluding tert-OH is 1. The molecule has 0 rings (SSSR count). The van der Waals surface area contributed by atoms with Gasteiger partial charge in [-0.1, -0.05) is 48.0 Å². The second-order valence-electron chi connectivity index (χ2n) is 7.95. The van der Waals surface area contributed by atoms with Gasteiger partial charge in [-0.25, -0.2) is 4.79 Å². The van der Waals surface area contributed by atoms with Crippen LogP contribution in [0.3, 0.4) is 0 Å². The Bertz CT molecular complexity index is 581. The van der Waals surface area contributed by atoms with Crippen molar-refractivity contribution in [2.45, 2.75) is 72.1 Å². The summed E-state index contributed by atoms with van der Waals surface area (Å²) in [4.78, 5) is 48.6. The Morgan fingerprint density at radius 2 is 1.34 bits per heavy atom. The number of amides is 3. The van der Waals surface area contributed by atoms with E-state index in [-0.39, 0.29) is 17.8 Å². The number of hydrogen-bond donors (Lipinski definition) is 6. The fraction of sp³-hybridized carbons (Fsp3) is 0.789. The lowest BCUT2D eigenvalue weighted by Gasteiger charge is -2.27. The van der Waals surface area contributed by atoms with Crippen LogP contribution in [-0.2, 0) is 19.2 Å². The summed E-state index contributed by atoms with van der Waals surface area (Å²) in [5, 5.41) is 26.1. The number of hydrogen-bond acceptors (Lipinski definition) is 6. The molecule has 0 aliphatic heterocycles. The maximum atomic E-state index is 12.6. The molecule has 0 aromatic rings. The Kier molecular flexibility index (Phi) is 11.4. The van der Waals surface area contributed by atoms with E-state index in [0.717, 1.165) is 0 Å². The van der Waals surface area contributed by atoms with E-state index in [0.29, 0.717) is 6.42 Å². The van der Waals surface area contributed by atoms with Gasteiger partial charge < -0.3 is 31.9 Å². The number of nitrogens with two attached hydrogens (primary N) is 1. The van der Waals surface area contributed by atoms with E-state index in [1.54, 1.807) is 41.5 Å². The molecule has 5 atom stereocenters. The summed E-state index contributed by atoms with van der Waals surface area (Å²) in [5.74, 6) is -3.97. The number of aliphatic carboxylic acids is 1. The van der Waals surface area contributed by atoms with Crippen LogP contribution >= 0.6 is 0 Å². The van der Waals surface area contributed by atoms with E-state index in [1.165, 1.54) is 0 Å². The van der Waals surface area contributed by atoms with Crippen LogP contribution in [0.4, 0.5) is 0 Å². The van der Waals surface area contributed by atoms with E-state index < -0.39 is 54.5 Å². The zero-order chi connectivity index (χ0) is 22.9. The molecule has 0 bridgehead atoms. The van der Waals surface area contributed by atoms with Gasteiger partial charge in [-0.05, 0) is 17.8 Å². The van der Waals surface area contributed by atoms with Gasteiger partial charge in [-0.3, -0.25) is 14.4 Å². The Morgan fingerprint density at radius 1 is 0.828 bits per heavy atom. The highest BCUT2D eigenvalue weighted by Crippen LogP contribution is 2.09. The summed E-state index contributed by atoms with van der Waals surface area (Å²) in [5.41, 5.74) is 5.81. The Labute approximate surface area is 172 Å². The second-order valence-corrected chi connectivity index (χ2v) is 7.95. The summed E-state index contributed by atoms with van der Waals surface area (Å²) in [6, 6.07) is -4.28. The topological polar surface area (TPSA) is 171 Å². The SMILES string of the molecule is CCC(C)C(NC(=O)C(CO)NC(=O)C(NC(=O)C(N)C(C)C)C(C)C)C(=O)O. The fourth-order valence-corrected chi connectivity index (χ4v) is 2.48. The van der Waals surface area contributed by atoms with Gasteiger partial charge in [0.25, 0.3) is 0 Å². The van der Waals surface area contributed by atoms with E-state index in [4.69, 9.17) is 5.73 Å².